The molecule has 0 amide bonds. The Labute approximate surface area is 124 Å². The maximum atomic E-state index is 9.81. The highest BCUT2D eigenvalue weighted by Gasteiger charge is 2.30. The Balaban J connectivity index is 1.90. The summed E-state index contributed by atoms with van der Waals surface area (Å²) in [7, 11) is 0. The molecule has 0 bridgehead atoms. The number of aliphatic hydroxyl groups excluding tert-OH is 1. The molecule has 3 rings (SSSR count). The predicted molar refractivity (Wildman–Crippen MR) is 81.9 cm³/mol. The van der Waals surface area contributed by atoms with Gasteiger partial charge in [0.05, 0.1) is 6.10 Å². The van der Waals surface area contributed by atoms with E-state index in [0.717, 1.165) is 29.2 Å². The van der Waals surface area contributed by atoms with Crippen LogP contribution in [-0.4, -0.2) is 37.2 Å². The van der Waals surface area contributed by atoms with Gasteiger partial charge in [0.1, 0.15) is 12.2 Å². The first-order valence-electron chi connectivity index (χ1n) is 7.33. The van der Waals surface area contributed by atoms with Crippen LogP contribution in [-0.2, 0) is 5.41 Å². The van der Waals surface area contributed by atoms with Crippen LogP contribution in [0.3, 0.4) is 0 Å². The van der Waals surface area contributed by atoms with Crippen molar-refractivity contribution in [1.29, 1.82) is 0 Å². The fourth-order valence-corrected chi connectivity index (χ4v) is 2.70. The number of aromatic nitrogens is 4. The molecule has 2 aromatic heterocycles. The average molecular weight is 288 g/mol. The molecule has 21 heavy (non-hydrogen) atoms. The molecule has 3 N–H and O–H groups in total. The van der Waals surface area contributed by atoms with Gasteiger partial charge in [-0.05, 0) is 25.7 Å². The largest absolute Gasteiger partial charge is 0.393 e. The first-order chi connectivity index (χ1) is 9.84. The Morgan fingerprint density at radius 3 is 2.71 bits per heavy atom. The van der Waals surface area contributed by atoms with E-state index < -0.39 is 0 Å². The summed E-state index contributed by atoms with van der Waals surface area (Å²) in [5.74, 6) is 1.68. The molecule has 2 heterocycles. The van der Waals surface area contributed by atoms with Gasteiger partial charge in [-0.25, -0.2) is 15.0 Å². The lowest BCUT2D eigenvalue weighted by atomic mass is 9.96. The van der Waals surface area contributed by atoms with Crippen molar-refractivity contribution in [2.45, 2.75) is 51.2 Å². The van der Waals surface area contributed by atoms with Gasteiger partial charge in [-0.15, -0.1) is 0 Å². The predicted octanol–water partition coefficient (Wildman–Crippen LogP) is 2.04. The van der Waals surface area contributed by atoms with Gasteiger partial charge >= 0.3 is 0 Å². The number of fused-ring (bicyclic) bond motifs is 1. The maximum absolute atomic E-state index is 9.81. The summed E-state index contributed by atoms with van der Waals surface area (Å²) < 4.78 is 0. The van der Waals surface area contributed by atoms with Crippen LogP contribution in [0, 0.1) is 12.8 Å². The fraction of sp³-hybridized carbons (Fsp3) is 0.600. The lowest BCUT2D eigenvalue weighted by Crippen LogP contribution is -2.17. The molecule has 1 aliphatic carbocycles. The molecule has 0 aliphatic heterocycles. The summed E-state index contributed by atoms with van der Waals surface area (Å²) in [5.41, 5.74) is 1.42. The molecule has 113 valence electrons. The van der Waals surface area contributed by atoms with Crippen molar-refractivity contribution in [2.24, 2.45) is 5.92 Å². The van der Waals surface area contributed by atoms with E-state index in [2.05, 4.69) is 52.9 Å². The number of aliphatic hydroxyl groups is 1. The van der Waals surface area contributed by atoms with Crippen molar-refractivity contribution < 1.29 is 5.11 Å². The van der Waals surface area contributed by atoms with E-state index in [1.807, 2.05) is 0 Å². The van der Waals surface area contributed by atoms with Crippen LogP contribution in [0.15, 0.2) is 6.33 Å². The third-order valence-electron chi connectivity index (χ3n) is 3.99. The first kappa shape index (κ1) is 14.3. The number of nitrogens with one attached hydrogen (secondary N) is 2. The Morgan fingerprint density at radius 2 is 2.10 bits per heavy atom. The zero-order chi connectivity index (χ0) is 15.2. The molecule has 3 atom stereocenters. The van der Waals surface area contributed by atoms with E-state index in [0.29, 0.717) is 6.42 Å². The van der Waals surface area contributed by atoms with Gasteiger partial charge in [0.25, 0.3) is 0 Å². The summed E-state index contributed by atoms with van der Waals surface area (Å²) in [6.45, 7) is 10.3. The summed E-state index contributed by atoms with van der Waals surface area (Å²) in [6, 6.07) is 0.176. The fourth-order valence-electron chi connectivity index (χ4n) is 2.70. The molecule has 1 saturated carbocycles. The zero-order valence-electron chi connectivity index (χ0n) is 12.7. The first-order valence-corrected chi connectivity index (χ1v) is 7.33. The SMILES string of the molecule is [CH2][C@H]1C[C@@H](Nc2ncnc3[nH]c(C(C)(C)C)nc23)C[C@@H]1O. The quantitative estimate of drug-likeness (QED) is 0.787. The summed E-state index contributed by atoms with van der Waals surface area (Å²) >= 11 is 0. The van der Waals surface area contributed by atoms with E-state index in [-0.39, 0.29) is 23.5 Å². The topological polar surface area (TPSA) is 86.7 Å². The summed E-state index contributed by atoms with van der Waals surface area (Å²) in [4.78, 5) is 16.5. The highest BCUT2D eigenvalue weighted by Crippen LogP contribution is 2.29. The number of H-pyrrole nitrogens is 1. The smallest absolute Gasteiger partial charge is 0.163 e. The number of hydrogen-bond acceptors (Lipinski definition) is 5. The van der Waals surface area contributed by atoms with Gasteiger partial charge in [-0.1, -0.05) is 20.8 Å². The van der Waals surface area contributed by atoms with Crippen LogP contribution in [0.2, 0.25) is 0 Å². The van der Waals surface area contributed by atoms with Crippen LogP contribution >= 0.6 is 0 Å². The lowest BCUT2D eigenvalue weighted by molar-refractivity contribution is 0.151. The minimum Gasteiger partial charge on any atom is -0.393 e. The van der Waals surface area contributed by atoms with Crippen molar-refractivity contribution in [3.8, 4) is 0 Å². The molecular formula is C15H22N5O. The number of anilines is 1. The van der Waals surface area contributed by atoms with Crippen LogP contribution < -0.4 is 5.32 Å². The van der Waals surface area contributed by atoms with Gasteiger partial charge in [0.15, 0.2) is 17.0 Å². The van der Waals surface area contributed by atoms with Crippen molar-refractivity contribution >= 4 is 17.0 Å². The molecule has 0 aromatic carbocycles. The van der Waals surface area contributed by atoms with Gasteiger partial charge < -0.3 is 15.4 Å². The van der Waals surface area contributed by atoms with Crippen LogP contribution in [0.4, 0.5) is 5.82 Å². The van der Waals surface area contributed by atoms with Gasteiger partial charge in [0.2, 0.25) is 0 Å². The van der Waals surface area contributed by atoms with Crippen LogP contribution in [0.5, 0.6) is 0 Å². The minimum atomic E-state index is -0.343. The van der Waals surface area contributed by atoms with Crippen LogP contribution in [0.1, 0.15) is 39.4 Å². The molecule has 1 radical (unpaired) electrons. The van der Waals surface area contributed by atoms with Crippen molar-refractivity contribution in [3.63, 3.8) is 0 Å². The summed E-state index contributed by atoms with van der Waals surface area (Å²) in [6.07, 6.45) is 2.71. The molecule has 0 unspecified atom stereocenters. The van der Waals surface area contributed by atoms with E-state index in [4.69, 9.17) is 0 Å². The number of nitrogens with zero attached hydrogens (tertiary/aromatic N) is 3. The number of rotatable bonds is 2. The Hall–Kier alpha value is -1.69. The van der Waals surface area contributed by atoms with E-state index >= 15 is 0 Å². The third kappa shape index (κ3) is 2.72. The molecule has 1 fully saturated rings. The second-order valence-electron chi connectivity index (χ2n) is 6.89. The van der Waals surface area contributed by atoms with Gasteiger partial charge in [-0.3, -0.25) is 0 Å². The average Bonchev–Trinajstić information content (AvgIpc) is 2.94. The maximum Gasteiger partial charge on any atom is 0.163 e. The molecule has 0 spiro atoms. The second kappa shape index (κ2) is 4.94. The molecular weight excluding hydrogens is 266 g/mol. The normalized spacial score (nSPS) is 26.4. The molecule has 2 aromatic rings. The van der Waals surface area contributed by atoms with Gasteiger partial charge in [-0.2, -0.15) is 0 Å². The minimum absolute atomic E-state index is 0.0695. The molecule has 1 aliphatic rings. The third-order valence-corrected chi connectivity index (χ3v) is 3.99. The van der Waals surface area contributed by atoms with Crippen LogP contribution in [0.25, 0.3) is 11.2 Å². The van der Waals surface area contributed by atoms with E-state index in [1.165, 1.54) is 6.33 Å². The number of imidazole rings is 1. The van der Waals surface area contributed by atoms with Crippen molar-refractivity contribution in [1.82, 2.24) is 19.9 Å². The number of hydrogen-bond donors (Lipinski definition) is 3. The molecule has 6 heteroatoms. The Kier molecular flexibility index (Phi) is 3.36. The summed E-state index contributed by atoms with van der Waals surface area (Å²) in [5, 5.41) is 13.2. The molecule has 0 saturated heterocycles. The van der Waals surface area contributed by atoms with Crippen molar-refractivity contribution in [3.05, 3.63) is 19.1 Å². The monoisotopic (exact) mass is 288 g/mol. The van der Waals surface area contributed by atoms with E-state index in [9.17, 15) is 5.11 Å². The standard InChI is InChI=1S/C15H22N5O/c1-8-5-9(6-10(8)21)18-12-11-13(17-7-16-12)20-14(19-11)15(2,3)4/h7-10,21H,1,5-6H2,2-4H3,(H2,16,17,18,19,20)/t8-,9+,10-/m0/s1. The second-order valence-corrected chi connectivity index (χ2v) is 6.89. The Morgan fingerprint density at radius 1 is 1.33 bits per heavy atom. The zero-order valence-corrected chi connectivity index (χ0v) is 12.7. The Bertz CT molecular complexity index is 635. The van der Waals surface area contributed by atoms with Crippen molar-refractivity contribution in [2.75, 3.05) is 5.32 Å². The van der Waals surface area contributed by atoms with Gasteiger partial charge in [0, 0.05) is 11.5 Å². The number of aromatic amines is 1. The highest BCUT2D eigenvalue weighted by molar-refractivity contribution is 5.82. The lowest BCUT2D eigenvalue weighted by Gasteiger charge is -2.14. The van der Waals surface area contributed by atoms with E-state index in [1.54, 1.807) is 0 Å². The highest BCUT2D eigenvalue weighted by atomic mass is 16.3. The molecule has 6 nitrogen and oxygen atoms in total.